The number of hydrogen-bond donors (Lipinski definition) is 2. The standard InChI is InChI=1S/C12H13NO3S2/c1-8-7-11(14)9(2)6-10(8)13-18(15,16)12-4-3-5-17-12/h3-7,13-14H,1-2H3. The Morgan fingerprint density at radius 3 is 2.56 bits per heavy atom. The van der Waals surface area contributed by atoms with Crippen molar-refractivity contribution in [3.05, 3.63) is 40.8 Å². The van der Waals surface area contributed by atoms with Gasteiger partial charge in [-0.15, -0.1) is 11.3 Å². The second-order valence-electron chi connectivity index (χ2n) is 3.99. The van der Waals surface area contributed by atoms with Gasteiger partial charge in [0.15, 0.2) is 0 Å². The number of nitrogens with one attached hydrogen (secondary N) is 1. The Hall–Kier alpha value is -1.53. The van der Waals surface area contributed by atoms with E-state index in [1.807, 2.05) is 0 Å². The summed E-state index contributed by atoms with van der Waals surface area (Å²) in [4.78, 5) is 0. The first kappa shape index (κ1) is 12.9. The first-order valence-corrected chi connectivity index (χ1v) is 7.63. The predicted molar refractivity (Wildman–Crippen MR) is 72.7 cm³/mol. The highest BCUT2D eigenvalue weighted by molar-refractivity contribution is 7.94. The number of anilines is 1. The summed E-state index contributed by atoms with van der Waals surface area (Å²) in [6.07, 6.45) is 0. The number of sulfonamides is 1. The average molecular weight is 283 g/mol. The molecule has 2 aromatic rings. The van der Waals surface area contributed by atoms with Crippen LogP contribution in [0.25, 0.3) is 0 Å². The van der Waals surface area contributed by atoms with Gasteiger partial charge in [0, 0.05) is 0 Å². The van der Waals surface area contributed by atoms with Crippen molar-refractivity contribution in [3.8, 4) is 5.75 Å². The van der Waals surface area contributed by atoms with Gasteiger partial charge in [0.05, 0.1) is 5.69 Å². The van der Waals surface area contributed by atoms with Crippen LogP contribution in [0.1, 0.15) is 11.1 Å². The molecule has 0 amide bonds. The number of phenolic OH excluding ortho intramolecular Hbond substituents is 1. The molecule has 0 unspecified atom stereocenters. The summed E-state index contributed by atoms with van der Waals surface area (Å²) in [7, 11) is -3.54. The van der Waals surface area contributed by atoms with Crippen molar-refractivity contribution in [2.75, 3.05) is 4.72 Å². The Kier molecular flexibility index (Phi) is 3.32. The van der Waals surface area contributed by atoms with E-state index in [0.29, 0.717) is 16.8 Å². The van der Waals surface area contributed by atoms with Crippen LogP contribution in [0.2, 0.25) is 0 Å². The molecule has 4 nitrogen and oxygen atoms in total. The molecule has 1 heterocycles. The van der Waals surface area contributed by atoms with Gasteiger partial charge in [-0.2, -0.15) is 0 Å². The third-order valence-corrected chi connectivity index (χ3v) is 5.31. The SMILES string of the molecule is Cc1cc(NS(=O)(=O)c2cccs2)c(C)cc1O. The van der Waals surface area contributed by atoms with E-state index in [2.05, 4.69) is 4.72 Å². The Bertz CT molecular complexity index is 661. The Morgan fingerprint density at radius 2 is 1.94 bits per heavy atom. The minimum Gasteiger partial charge on any atom is -0.508 e. The van der Waals surface area contributed by atoms with Crippen LogP contribution < -0.4 is 4.72 Å². The van der Waals surface area contributed by atoms with E-state index in [4.69, 9.17) is 0 Å². The molecule has 96 valence electrons. The molecule has 0 bridgehead atoms. The Balaban J connectivity index is 2.39. The van der Waals surface area contributed by atoms with Gasteiger partial charge in [-0.3, -0.25) is 4.72 Å². The maximum absolute atomic E-state index is 12.0. The molecule has 1 aromatic carbocycles. The van der Waals surface area contributed by atoms with Gasteiger partial charge in [0.25, 0.3) is 10.0 Å². The van der Waals surface area contributed by atoms with Gasteiger partial charge in [-0.05, 0) is 48.6 Å². The summed E-state index contributed by atoms with van der Waals surface area (Å²) >= 11 is 1.16. The van der Waals surface area contributed by atoms with Gasteiger partial charge in [0.1, 0.15) is 9.96 Å². The normalized spacial score (nSPS) is 11.4. The molecule has 0 spiro atoms. The highest BCUT2D eigenvalue weighted by atomic mass is 32.2. The lowest BCUT2D eigenvalue weighted by Gasteiger charge is -2.11. The zero-order valence-electron chi connectivity index (χ0n) is 9.97. The lowest BCUT2D eigenvalue weighted by Crippen LogP contribution is -2.12. The number of rotatable bonds is 3. The average Bonchev–Trinajstić information content (AvgIpc) is 2.79. The van der Waals surface area contributed by atoms with E-state index in [9.17, 15) is 13.5 Å². The van der Waals surface area contributed by atoms with Gasteiger partial charge in [-0.25, -0.2) is 8.42 Å². The van der Waals surface area contributed by atoms with E-state index in [-0.39, 0.29) is 9.96 Å². The lowest BCUT2D eigenvalue weighted by molar-refractivity contribution is 0.471. The Morgan fingerprint density at radius 1 is 1.22 bits per heavy atom. The molecule has 0 fully saturated rings. The zero-order chi connectivity index (χ0) is 13.3. The monoisotopic (exact) mass is 283 g/mol. The van der Waals surface area contributed by atoms with Gasteiger partial charge in [0.2, 0.25) is 0 Å². The second kappa shape index (κ2) is 4.62. The maximum Gasteiger partial charge on any atom is 0.271 e. The quantitative estimate of drug-likeness (QED) is 0.851. The predicted octanol–water partition coefficient (Wildman–Crippen LogP) is 2.87. The van der Waals surface area contributed by atoms with Crippen LogP contribution in [0.3, 0.4) is 0 Å². The number of aryl methyl sites for hydroxylation is 2. The highest BCUT2D eigenvalue weighted by Crippen LogP contribution is 2.27. The van der Waals surface area contributed by atoms with Crippen molar-refractivity contribution >= 4 is 27.0 Å². The highest BCUT2D eigenvalue weighted by Gasteiger charge is 2.16. The van der Waals surface area contributed by atoms with Crippen LogP contribution in [-0.2, 0) is 10.0 Å². The lowest BCUT2D eigenvalue weighted by atomic mass is 10.1. The molecule has 18 heavy (non-hydrogen) atoms. The smallest absolute Gasteiger partial charge is 0.271 e. The molecule has 0 aliphatic heterocycles. The minimum absolute atomic E-state index is 0.159. The molecule has 0 aliphatic carbocycles. The van der Waals surface area contributed by atoms with Crippen LogP contribution in [0, 0.1) is 13.8 Å². The molecule has 0 saturated carbocycles. The third-order valence-electron chi connectivity index (χ3n) is 2.55. The number of benzene rings is 1. The summed E-state index contributed by atoms with van der Waals surface area (Å²) in [5.41, 5.74) is 1.79. The van der Waals surface area contributed by atoms with Crippen molar-refractivity contribution in [2.45, 2.75) is 18.1 Å². The van der Waals surface area contributed by atoms with Crippen molar-refractivity contribution in [3.63, 3.8) is 0 Å². The largest absolute Gasteiger partial charge is 0.508 e. The van der Waals surface area contributed by atoms with E-state index >= 15 is 0 Å². The van der Waals surface area contributed by atoms with Crippen LogP contribution in [-0.4, -0.2) is 13.5 Å². The molecule has 0 aliphatic rings. The molecule has 1 aromatic heterocycles. The van der Waals surface area contributed by atoms with Crippen LogP contribution >= 0.6 is 11.3 Å². The fourth-order valence-electron chi connectivity index (χ4n) is 1.52. The van der Waals surface area contributed by atoms with Crippen LogP contribution in [0.15, 0.2) is 33.9 Å². The van der Waals surface area contributed by atoms with E-state index in [0.717, 1.165) is 11.3 Å². The maximum atomic E-state index is 12.0. The topological polar surface area (TPSA) is 66.4 Å². The first-order valence-electron chi connectivity index (χ1n) is 5.27. The fourth-order valence-corrected chi connectivity index (χ4v) is 3.64. The molecule has 6 heteroatoms. The molecule has 2 rings (SSSR count). The van der Waals surface area contributed by atoms with Gasteiger partial charge >= 0.3 is 0 Å². The fraction of sp³-hybridized carbons (Fsp3) is 0.167. The summed E-state index contributed by atoms with van der Waals surface area (Å²) in [5.74, 6) is 0.159. The zero-order valence-corrected chi connectivity index (χ0v) is 11.6. The summed E-state index contributed by atoms with van der Waals surface area (Å²) in [6.45, 7) is 3.46. The summed E-state index contributed by atoms with van der Waals surface area (Å²) < 4.78 is 26.9. The third kappa shape index (κ3) is 2.49. The summed E-state index contributed by atoms with van der Waals surface area (Å²) in [6, 6.07) is 6.40. The van der Waals surface area contributed by atoms with Gasteiger partial charge < -0.3 is 5.11 Å². The number of aromatic hydroxyl groups is 1. The molecule has 0 radical (unpaired) electrons. The molecule has 2 N–H and O–H groups in total. The number of thiophene rings is 1. The number of hydrogen-bond acceptors (Lipinski definition) is 4. The number of phenols is 1. The van der Waals surface area contributed by atoms with Crippen LogP contribution in [0.4, 0.5) is 5.69 Å². The van der Waals surface area contributed by atoms with Gasteiger partial charge in [-0.1, -0.05) is 6.07 Å². The second-order valence-corrected chi connectivity index (χ2v) is 6.85. The van der Waals surface area contributed by atoms with E-state index in [1.54, 1.807) is 43.5 Å². The van der Waals surface area contributed by atoms with Crippen molar-refractivity contribution in [1.82, 2.24) is 0 Å². The minimum atomic E-state index is -3.54. The van der Waals surface area contributed by atoms with Crippen molar-refractivity contribution in [1.29, 1.82) is 0 Å². The van der Waals surface area contributed by atoms with E-state index < -0.39 is 10.0 Å². The summed E-state index contributed by atoms with van der Waals surface area (Å²) in [5, 5.41) is 11.2. The van der Waals surface area contributed by atoms with Crippen molar-refractivity contribution < 1.29 is 13.5 Å². The molecular formula is C12H13NO3S2. The van der Waals surface area contributed by atoms with Crippen LogP contribution in [0.5, 0.6) is 5.75 Å². The molecular weight excluding hydrogens is 270 g/mol. The Labute approximate surface area is 110 Å². The molecule has 0 saturated heterocycles. The van der Waals surface area contributed by atoms with E-state index in [1.165, 1.54) is 0 Å². The molecule has 0 atom stereocenters. The first-order chi connectivity index (χ1) is 8.40. The van der Waals surface area contributed by atoms with Crippen molar-refractivity contribution in [2.24, 2.45) is 0 Å².